The second kappa shape index (κ2) is 5.81. The van der Waals surface area contributed by atoms with Gasteiger partial charge in [0.15, 0.2) is 0 Å². The number of aromatic amines is 2. The van der Waals surface area contributed by atoms with E-state index < -0.39 is 0 Å². The number of hydrogen-bond acceptors (Lipinski definition) is 1. The molecule has 26 heavy (non-hydrogen) atoms. The van der Waals surface area contributed by atoms with Crippen molar-refractivity contribution in [2.45, 2.75) is 5.92 Å². The Kier molecular flexibility index (Phi) is 3.32. The van der Waals surface area contributed by atoms with Gasteiger partial charge in [-0.05, 0) is 41.0 Å². The molecule has 3 nitrogen and oxygen atoms in total. The molecule has 0 radical (unpaired) electrons. The maximum Gasteiger partial charge on any atom is 0.115 e. The predicted octanol–water partition coefficient (Wildman–Crippen LogP) is 5.54. The standard InChI is InChI=1S/C23H18N2O/c26-16-11-9-15(10-12-16)23(19-13-24-21-7-3-1-5-17(19)21)20-14-25-22-8-4-2-6-18(20)22/h1-14,23-26H. The topological polar surface area (TPSA) is 51.8 Å². The highest BCUT2D eigenvalue weighted by Crippen LogP contribution is 2.39. The van der Waals surface area contributed by atoms with Crippen molar-refractivity contribution < 1.29 is 5.11 Å². The fraction of sp³-hybridized carbons (Fsp3) is 0.0435. The molecule has 0 saturated heterocycles. The highest BCUT2D eigenvalue weighted by molar-refractivity contribution is 5.89. The van der Waals surface area contributed by atoms with Crippen molar-refractivity contribution in [3.05, 3.63) is 102 Å². The van der Waals surface area contributed by atoms with Gasteiger partial charge in [-0.15, -0.1) is 0 Å². The van der Waals surface area contributed by atoms with Gasteiger partial charge in [-0.3, -0.25) is 0 Å². The monoisotopic (exact) mass is 338 g/mol. The van der Waals surface area contributed by atoms with Gasteiger partial charge in [-0.25, -0.2) is 0 Å². The van der Waals surface area contributed by atoms with E-state index in [2.05, 4.69) is 58.8 Å². The van der Waals surface area contributed by atoms with Crippen LogP contribution in [0.4, 0.5) is 0 Å². The molecule has 0 saturated carbocycles. The summed E-state index contributed by atoms with van der Waals surface area (Å²) in [6, 6.07) is 24.3. The first-order valence-corrected chi connectivity index (χ1v) is 8.72. The average molecular weight is 338 g/mol. The van der Waals surface area contributed by atoms with E-state index in [4.69, 9.17) is 0 Å². The van der Waals surface area contributed by atoms with E-state index in [-0.39, 0.29) is 11.7 Å². The molecule has 0 spiro atoms. The lowest BCUT2D eigenvalue weighted by atomic mass is 9.85. The van der Waals surface area contributed by atoms with Crippen LogP contribution >= 0.6 is 0 Å². The van der Waals surface area contributed by atoms with Crippen LogP contribution in [0.2, 0.25) is 0 Å². The normalized spacial score (nSPS) is 11.6. The molecule has 0 amide bonds. The molecule has 3 aromatic carbocycles. The molecule has 0 aliphatic rings. The summed E-state index contributed by atoms with van der Waals surface area (Å²) in [5.41, 5.74) is 5.88. The van der Waals surface area contributed by atoms with E-state index in [1.807, 2.05) is 24.3 Å². The average Bonchev–Trinajstić information content (AvgIpc) is 3.29. The zero-order valence-corrected chi connectivity index (χ0v) is 14.1. The number of phenols is 1. The minimum absolute atomic E-state index is 0.0721. The maximum absolute atomic E-state index is 9.73. The number of fused-ring (bicyclic) bond motifs is 2. The van der Waals surface area contributed by atoms with Gasteiger partial charge < -0.3 is 15.1 Å². The minimum Gasteiger partial charge on any atom is -0.508 e. The van der Waals surface area contributed by atoms with Crippen LogP contribution in [0.5, 0.6) is 5.75 Å². The van der Waals surface area contributed by atoms with Gasteiger partial charge in [0, 0.05) is 40.1 Å². The first-order chi connectivity index (χ1) is 12.8. The molecule has 5 rings (SSSR count). The number of benzene rings is 3. The quantitative estimate of drug-likeness (QED) is 0.398. The van der Waals surface area contributed by atoms with Crippen molar-refractivity contribution in [2.75, 3.05) is 0 Å². The first-order valence-electron chi connectivity index (χ1n) is 8.72. The van der Waals surface area contributed by atoms with E-state index in [1.54, 1.807) is 12.1 Å². The van der Waals surface area contributed by atoms with Gasteiger partial charge >= 0.3 is 0 Å². The molecular formula is C23H18N2O. The molecule has 0 fully saturated rings. The van der Waals surface area contributed by atoms with Crippen LogP contribution in [0.1, 0.15) is 22.6 Å². The number of nitrogens with one attached hydrogen (secondary N) is 2. The van der Waals surface area contributed by atoms with Crippen molar-refractivity contribution in [3.63, 3.8) is 0 Å². The van der Waals surface area contributed by atoms with Crippen molar-refractivity contribution >= 4 is 21.8 Å². The first kappa shape index (κ1) is 14.8. The number of para-hydroxylation sites is 2. The molecule has 0 aliphatic carbocycles. The summed E-state index contributed by atoms with van der Waals surface area (Å²) in [7, 11) is 0. The van der Waals surface area contributed by atoms with E-state index >= 15 is 0 Å². The van der Waals surface area contributed by atoms with Crippen LogP contribution < -0.4 is 0 Å². The lowest BCUT2D eigenvalue weighted by Crippen LogP contribution is -2.02. The number of hydrogen-bond donors (Lipinski definition) is 3. The van der Waals surface area contributed by atoms with Gasteiger partial charge in [0.05, 0.1) is 0 Å². The smallest absolute Gasteiger partial charge is 0.115 e. The predicted molar refractivity (Wildman–Crippen MR) is 106 cm³/mol. The van der Waals surface area contributed by atoms with Crippen molar-refractivity contribution in [2.24, 2.45) is 0 Å². The van der Waals surface area contributed by atoms with Crippen LogP contribution in [0.3, 0.4) is 0 Å². The van der Waals surface area contributed by atoms with Crippen molar-refractivity contribution in [1.82, 2.24) is 9.97 Å². The molecule has 2 aromatic heterocycles. The maximum atomic E-state index is 9.73. The number of rotatable bonds is 3. The van der Waals surface area contributed by atoms with Crippen LogP contribution in [-0.2, 0) is 0 Å². The van der Waals surface area contributed by atoms with Crippen LogP contribution in [-0.4, -0.2) is 15.1 Å². The van der Waals surface area contributed by atoms with Gasteiger partial charge in [-0.1, -0.05) is 48.5 Å². The third kappa shape index (κ3) is 2.29. The second-order valence-corrected chi connectivity index (χ2v) is 6.60. The van der Waals surface area contributed by atoms with Crippen LogP contribution in [0.15, 0.2) is 85.2 Å². The Hall–Kier alpha value is -3.46. The van der Waals surface area contributed by atoms with E-state index in [0.717, 1.165) is 16.6 Å². The lowest BCUT2D eigenvalue weighted by molar-refractivity contribution is 0.475. The summed E-state index contributed by atoms with van der Waals surface area (Å²) in [5, 5.41) is 12.2. The molecule has 2 heterocycles. The van der Waals surface area contributed by atoms with Crippen molar-refractivity contribution in [3.8, 4) is 5.75 Å². The van der Waals surface area contributed by atoms with Gasteiger partial charge in [-0.2, -0.15) is 0 Å². The fourth-order valence-corrected chi connectivity index (χ4v) is 3.86. The third-order valence-corrected chi connectivity index (χ3v) is 5.09. The number of aromatic nitrogens is 2. The molecular weight excluding hydrogens is 320 g/mol. The second-order valence-electron chi connectivity index (χ2n) is 6.60. The molecule has 0 atom stereocenters. The third-order valence-electron chi connectivity index (χ3n) is 5.09. The zero-order valence-electron chi connectivity index (χ0n) is 14.1. The Balaban J connectivity index is 1.79. The molecule has 126 valence electrons. The van der Waals surface area contributed by atoms with Crippen LogP contribution in [0.25, 0.3) is 21.8 Å². The summed E-state index contributed by atoms with van der Waals surface area (Å²) < 4.78 is 0. The summed E-state index contributed by atoms with van der Waals surface area (Å²) >= 11 is 0. The summed E-state index contributed by atoms with van der Waals surface area (Å²) in [4.78, 5) is 6.80. The Morgan fingerprint density at radius 1 is 0.615 bits per heavy atom. The van der Waals surface area contributed by atoms with Gasteiger partial charge in [0.2, 0.25) is 0 Å². The SMILES string of the molecule is Oc1ccc(C(c2c[nH]c3ccccc23)c2c[nH]c3ccccc23)cc1. The summed E-state index contributed by atoms with van der Waals surface area (Å²) in [6.45, 7) is 0. The van der Waals surface area contributed by atoms with E-state index in [9.17, 15) is 5.11 Å². The van der Waals surface area contributed by atoms with E-state index in [1.165, 1.54) is 21.9 Å². The molecule has 3 N–H and O–H groups in total. The zero-order chi connectivity index (χ0) is 17.5. The van der Waals surface area contributed by atoms with E-state index in [0.29, 0.717) is 0 Å². The lowest BCUT2D eigenvalue weighted by Gasteiger charge is -2.17. The summed E-state index contributed by atoms with van der Waals surface area (Å²) in [6.07, 6.45) is 4.20. The highest BCUT2D eigenvalue weighted by atomic mass is 16.3. The largest absolute Gasteiger partial charge is 0.508 e. The fourth-order valence-electron chi connectivity index (χ4n) is 3.86. The number of phenolic OH excluding ortho intramolecular Hbond substituents is 1. The number of aromatic hydroxyl groups is 1. The summed E-state index contributed by atoms with van der Waals surface area (Å²) in [5.74, 6) is 0.355. The van der Waals surface area contributed by atoms with Crippen molar-refractivity contribution in [1.29, 1.82) is 0 Å². The Bertz CT molecular complexity index is 1120. The minimum atomic E-state index is 0.0721. The Morgan fingerprint density at radius 3 is 1.65 bits per heavy atom. The molecule has 0 unspecified atom stereocenters. The highest BCUT2D eigenvalue weighted by Gasteiger charge is 2.23. The molecule has 3 heteroatoms. The molecule has 0 bridgehead atoms. The Labute approximate surface area is 150 Å². The Morgan fingerprint density at radius 2 is 1.12 bits per heavy atom. The van der Waals surface area contributed by atoms with Gasteiger partial charge in [0.1, 0.15) is 5.75 Å². The molecule has 0 aliphatic heterocycles. The van der Waals surface area contributed by atoms with Gasteiger partial charge in [0.25, 0.3) is 0 Å². The van der Waals surface area contributed by atoms with Crippen LogP contribution in [0, 0.1) is 0 Å². The molecule has 5 aromatic rings. The number of H-pyrrole nitrogens is 2.